The van der Waals surface area contributed by atoms with Crippen LogP contribution in [0, 0.1) is 20.8 Å². The summed E-state index contributed by atoms with van der Waals surface area (Å²) < 4.78 is 5.66. The molecule has 4 N–H and O–H groups in total. The number of rotatable bonds is 3. The summed E-state index contributed by atoms with van der Waals surface area (Å²) in [6, 6.07) is 3.73. The third-order valence-electron chi connectivity index (χ3n) is 4.99. The van der Waals surface area contributed by atoms with Crippen molar-refractivity contribution in [2.45, 2.75) is 33.1 Å². The lowest BCUT2D eigenvalue weighted by Crippen LogP contribution is -2.14. The summed E-state index contributed by atoms with van der Waals surface area (Å²) >= 11 is 1.71. The predicted octanol–water partition coefficient (Wildman–Crippen LogP) is 3.71. The number of carbonyl (C=O) groups excluding carboxylic acids is 1. The summed E-state index contributed by atoms with van der Waals surface area (Å²) in [5.74, 6) is 0.481. The molecule has 0 spiro atoms. The molecule has 0 saturated carbocycles. The Kier molecular flexibility index (Phi) is 4.11. The van der Waals surface area contributed by atoms with E-state index in [1.54, 1.807) is 23.6 Å². The SMILES string of the molecule is Cc1noc2c1-c1sc(C)c(C)c1C(c1ccc(N)nc1)=C[C@H]2CC(N)=O. The fourth-order valence-electron chi connectivity index (χ4n) is 3.58. The number of anilines is 1. The van der Waals surface area contributed by atoms with Crippen LogP contribution in [0.3, 0.4) is 0 Å². The lowest BCUT2D eigenvalue weighted by atomic mass is 9.93. The van der Waals surface area contributed by atoms with Crippen LogP contribution in [0.4, 0.5) is 5.82 Å². The van der Waals surface area contributed by atoms with Crippen LogP contribution in [0.15, 0.2) is 28.9 Å². The molecule has 3 heterocycles. The van der Waals surface area contributed by atoms with Crippen molar-refractivity contribution < 1.29 is 9.32 Å². The lowest BCUT2D eigenvalue weighted by Gasteiger charge is -2.12. The summed E-state index contributed by atoms with van der Waals surface area (Å²) in [6.45, 7) is 6.14. The average molecular weight is 380 g/mol. The number of carbonyl (C=O) groups is 1. The number of nitrogens with two attached hydrogens (primary N) is 2. The predicted molar refractivity (Wildman–Crippen MR) is 106 cm³/mol. The summed E-state index contributed by atoms with van der Waals surface area (Å²) in [6.07, 6.45) is 3.96. The molecule has 7 heteroatoms. The van der Waals surface area contributed by atoms with Gasteiger partial charge in [0.05, 0.1) is 11.3 Å². The molecule has 6 nitrogen and oxygen atoms in total. The van der Waals surface area contributed by atoms with E-state index in [4.69, 9.17) is 16.0 Å². The zero-order valence-corrected chi connectivity index (χ0v) is 16.2. The molecule has 0 fully saturated rings. The quantitative estimate of drug-likeness (QED) is 0.720. The first-order valence-corrected chi connectivity index (χ1v) is 9.47. The summed E-state index contributed by atoms with van der Waals surface area (Å²) in [7, 11) is 0. The number of aryl methyl sites for hydroxylation is 2. The molecule has 1 atom stereocenters. The third-order valence-corrected chi connectivity index (χ3v) is 6.22. The number of hydrogen-bond donors (Lipinski definition) is 2. The Labute approximate surface area is 160 Å². The molecule has 138 valence electrons. The zero-order chi connectivity index (χ0) is 19.3. The standard InChI is InChI=1S/C20H20N4O2S/c1-9-11(3)27-20-17(9)14(12-4-5-15(21)23-8-12)6-13(7-16(22)25)19-18(20)10(2)24-26-19/h4-6,8,13H,7H2,1-3H3,(H2,21,23)(H2,22,25)/t13-/m0/s1. The number of allylic oxidation sites excluding steroid dienone is 1. The number of nitrogens with zero attached hydrogens (tertiary/aromatic N) is 2. The topological polar surface area (TPSA) is 108 Å². The number of amides is 1. The van der Waals surface area contributed by atoms with Crippen molar-refractivity contribution in [1.82, 2.24) is 10.1 Å². The van der Waals surface area contributed by atoms with Crippen LogP contribution < -0.4 is 11.5 Å². The van der Waals surface area contributed by atoms with Crippen LogP contribution in [-0.4, -0.2) is 16.0 Å². The fourth-order valence-corrected chi connectivity index (χ4v) is 4.85. The molecular weight excluding hydrogens is 360 g/mol. The fraction of sp³-hybridized carbons (Fsp3) is 0.250. The van der Waals surface area contributed by atoms with Crippen molar-refractivity contribution in [3.63, 3.8) is 0 Å². The van der Waals surface area contributed by atoms with Crippen LogP contribution >= 0.6 is 11.3 Å². The van der Waals surface area contributed by atoms with Crippen molar-refractivity contribution in [2.75, 3.05) is 5.73 Å². The Morgan fingerprint density at radius 1 is 1.26 bits per heavy atom. The van der Waals surface area contributed by atoms with Crippen LogP contribution in [0.25, 0.3) is 16.0 Å². The first-order chi connectivity index (χ1) is 12.9. The molecule has 0 radical (unpaired) electrons. The van der Waals surface area contributed by atoms with E-state index >= 15 is 0 Å². The average Bonchev–Trinajstić information content (AvgIpc) is 3.08. The van der Waals surface area contributed by atoms with Crippen molar-refractivity contribution in [3.8, 4) is 10.4 Å². The van der Waals surface area contributed by atoms with Gasteiger partial charge in [-0.1, -0.05) is 11.2 Å². The maximum atomic E-state index is 11.7. The maximum absolute atomic E-state index is 11.7. The van der Waals surface area contributed by atoms with E-state index in [2.05, 4.69) is 24.0 Å². The van der Waals surface area contributed by atoms with E-state index in [0.29, 0.717) is 11.6 Å². The first kappa shape index (κ1) is 17.5. The number of aromatic nitrogens is 2. The molecule has 0 aliphatic heterocycles. The van der Waals surface area contributed by atoms with Crippen LogP contribution in [0.5, 0.6) is 0 Å². The highest BCUT2D eigenvalue weighted by molar-refractivity contribution is 7.16. The molecule has 1 aliphatic rings. The van der Waals surface area contributed by atoms with Gasteiger partial charge in [-0.25, -0.2) is 4.98 Å². The van der Waals surface area contributed by atoms with E-state index in [1.165, 1.54) is 10.4 Å². The van der Waals surface area contributed by atoms with Crippen LogP contribution in [-0.2, 0) is 4.79 Å². The molecule has 1 aliphatic carbocycles. The minimum absolute atomic E-state index is 0.153. The lowest BCUT2D eigenvalue weighted by molar-refractivity contribution is -0.118. The van der Waals surface area contributed by atoms with Crippen LogP contribution in [0.1, 0.15) is 45.4 Å². The van der Waals surface area contributed by atoms with Gasteiger partial charge in [-0.15, -0.1) is 11.3 Å². The van der Waals surface area contributed by atoms with Crippen molar-refractivity contribution in [2.24, 2.45) is 5.73 Å². The minimum atomic E-state index is -0.385. The van der Waals surface area contributed by atoms with Gasteiger partial charge in [-0.2, -0.15) is 0 Å². The highest BCUT2D eigenvalue weighted by Gasteiger charge is 2.32. The van der Waals surface area contributed by atoms with Gasteiger partial charge in [0, 0.05) is 39.4 Å². The Balaban J connectivity index is 2.04. The van der Waals surface area contributed by atoms with Crippen molar-refractivity contribution in [3.05, 3.63) is 57.4 Å². The minimum Gasteiger partial charge on any atom is -0.384 e. The second-order valence-electron chi connectivity index (χ2n) is 6.82. The number of pyridine rings is 1. The smallest absolute Gasteiger partial charge is 0.218 e. The molecule has 0 bridgehead atoms. The van der Waals surface area contributed by atoms with Gasteiger partial charge in [0.1, 0.15) is 5.82 Å². The van der Waals surface area contributed by atoms with Crippen molar-refractivity contribution in [1.29, 1.82) is 0 Å². The highest BCUT2D eigenvalue weighted by atomic mass is 32.1. The van der Waals surface area contributed by atoms with E-state index in [9.17, 15) is 4.79 Å². The highest BCUT2D eigenvalue weighted by Crippen LogP contribution is 2.49. The van der Waals surface area contributed by atoms with Crippen molar-refractivity contribution >= 4 is 28.6 Å². The number of hydrogen-bond acceptors (Lipinski definition) is 6. The molecule has 0 unspecified atom stereocenters. The molecule has 3 aromatic rings. The summed E-state index contributed by atoms with van der Waals surface area (Å²) in [4.78, 5) is 18.3. The maximum Gasteiger partial charge on any atom is 0.218 e. The summed E-state index contributed by atoms with van der Waals surface area (Å²) in [5.41, 5.74) is 17.3. The zero-order valence-electron chi connectivity index (χ0n) is 15.4. The van der Waals surface area contributed by atoms with Gasteiger partial charge in [0.15, 0.2) is 5.76 Å². The van der Waals surface area contributed by atoms with E-state index in [0.717, 1.165) is 32.8 Å². The molecule has 3 aromatic heterocycles. The third kappa shape index (κ3) is 2.84. The van der Waals surface area contributed by atoms with E-state index in [-0.39, 0.29) is 18.2 Å². The molecule has 4 rings (SSSR count). The van der Waals surface area contributed by atoms with Gasteiger partial charge in [0.25, 0.3) is 0 Å². The number of thiophene rings is 1. The van der Waals surface area contributed by atoms with E-state index in [1.807, 2.05) is 19.1 Å². The number of fused-ring (bicyclic) bond motifs is 3. The van der Waals surface area contributed by atoms with Gasteiger partial charge in [0.2, 0.25) is 5.91 Å². The molecule has 0 aromatic carbocycles. The first-order valence-electron chi connectivity index (χ1n) is 8.65. The molecule has 1 amide bonds. The number of nitrogen functional groups attached to an aromatic ring is 1. The Bertz CT molecular complexity index is 1080. The Morgan fingerprint density at radius 3 is 2.70 bits per heavy atom. The molecular formula is C20H20N4O2S. The largest absolute Gasteiger partial charge is 0.384 e. The Morgan fingerprint density at radius 2 is 2.04 bits per heavy atom. The normalized spacial score (nSPS) is 15.7. The number of primary amides is 1. The van der Waals surface area contributed by atoms with Gasteiger partial charge in [-0.05, 0) is 44.0 Å². The van der Waals surface area contributed by atoms with Gasteiger partial charge in [-0.3, -0.25) is 4.79 Å². The van der Waals surface area contributed by atoms with Gasteiger partial charge < -0.3 is 16.0 Å². The molecule has 27 heavy (non-hydrogen) atoms. The van der Waals surface area contributed by atoms with E-state index < -0.39 is 0 Å². The monoisotopic (exact) mass is 380 g/mol. The second kappa shape index (κ2) is 6.35. The second-order valence-corrected chi connectivity index (χ2v) is 8.05. The van der Waals surface area contributed by atoms with Crippen LogP contribution in [0.2, 0.25) is 0 Å². The van der Waals surface area contributed by atoms with Gasteiger partial charge >= 0.3 is 0 Å². The Hall–Kier alpha value is -2.93. The summed E-state index contributed by atoms with van der Waals surface area (Å²) in [5, 5.41) is 4.17. The molecule has 0 saturated heterocycles.